The van der Waals surface area contributed by atoms with Gasteiger partial charge in [-0.3, -0.25) is 14.4 Å². The van der Waals surface area contributed by atoms with Crippen molar-refractivity contribution in [3.8, 4) is 0 Å². The van der Waals surface area contributed by atoms with E-state index >= 15 is 0 Å². The summed E-state index contributed by atoms with van der Waals surface area (Å²) in [7, 11) is 0. The summed E-state index contributed by atoms with van der Waals surface area (Å²) < 4.78 is 0. The maximum Gasteiger partial charge on any atom is 0.326 e. The van der Waals surface area contributed by atoms with Gasteiger partial charge in [-0.1, -0.05) is 30.3 Å². The smallest absolute Gasteiger partial charge is 0.326 e. The number of aliphatic hydroxyl groups is 2. The van der Waals surface area contributed by atoms with Crippen molar-refractivity contribution in [2.24, 2.45) is 0 Å². The first-order valence-corrected chi connectivity index (χ1v) is 10.4. The second-order valence-electron chi connectivity index (χ2n) is 7.71. The average molecular weight is 450 g/mol. The number of hydrogen-bond acceptors (Lipinski definition) is 7. The number of carboxylic acids is 1. The van der Waals surface area contributed by atoms with Gasteiger partial charge in [-0.05, 0) is 31.9 Å². The predicted octanol–water partition coefficient (Wildman–Crippen LogP) is -2.11. The fraction of sp³-hybridized carbons (Fsp3) is 0.524. The molecule has 1 aliphatic heterocycles. The van der Waals surface area contributed by atoms with Crippen molar-refractivity contribution in [1.82, 2.24) is 21.3 Å². The molecule has 0 radical (unpaired) electrons. The molecule has 1 aromatic carbocycles. The van der Waals surface area contributed by atoms with Crippen LogP contribution < -0.4 is 21.3 Å². The summed E-state index contributed by atoms with van der Waals surface area (Å²) in [6, 6.07) is 4.09. The summed E-state index contributed by atoms with van der Waals surface area (Å²) in [6.07, 6.45) is 0.0529. The number of aliphatic hydroxyl groups excluding tert-OH is 2. The summed E-state index contributed by atoms with van der Waals surface area (Å²) in [6.45, 7) is 1.21. The van der Waals surface area contributed by atoms with Gasteiger partial charge < -0.3 is 36.6 Å². The molecule has 11 heteroatoms. The molecule has 2 rings (SSSR count). The van der Waals surface area contributed by atoms with Crippen LogP contribution in [0.1, 0.15) is 25.3 Å². The second-order valence-corrected chi connectivity index (χ2v) is 7.71. The molecular formula is C21H30N4O7. The average Bonchev–Trinajstić information content (AvgIpc) is 3.30. The van der Waals surface area contributed by atoms with Gasteiger partial charge in [0, 0.05) is 6.42 Å². The molecule has 32 heavy (non-hydrogen) atoms. The van der Waals surface area contributed by atoms with Crippen molar-refractivity contribution in [2.75, 3.05) is 13.2 Å². The third-order valence-electron chi connectivity index (χ3n) is 5.15. The lowest BCUT2D eigenvalue weighted by Gasteiger charge is -2.26. The van der Waals surface area contributed by atoms with E-state index in [4.69, 9.17) is 0 Å². The van der Waals surface area contributed by atoms with Gasteiger partial charge in [-0.15, -0.1) is 0 Å². The van der Waals surface area contributed by atoms with E-state index in [2.05, 4.69) is 21.3 Å². The topological polar surface area (TPSA) is 177 Å². The fourth-order valence-corrected chi connectivity index (χ4v) is 3.35. The lowest BCUT2D eigenvalue weighted by atomic mass is 10.0. The zero-order valence-corrected chi connectivity index (χ0v) is 17.8. The molecule has 0 bridgehead atoms. The highest BCUT2D eigenvalue weighted by molar-refractivity contribution is 5.94. The molecule has 1 fully saturated rings. The Morgan fingerprint density at radius 3 is 2.28 bits per heavy atom. The maximum atomic E-state index is 12.7. The third-order valence-corrected chi connectivity index (χ3v) is 5.15. The Labute approximate surface area is 185 Å². The normalized spacial score (nSPS) is 19.3. The molecule has 1 aromatic rings. The van der Waals surface area contributed by atoms with E-state index in [1.54, 1.807) is 30.3 Å². The van der Waals surface area contributed by atoms with E-state index in [0.717, 1.165) is 6.42 Å². The summed E-state index contributed by atoms with van der Waals surface area (Å²) in [4.78, 5) is 49.0. The van der Waals surface area contributed by atoms with E-state index in [1.165, 1.54) is 6.92 Å². The molecule has 7 N–H and O–H groups in total. The van der Waals surface area contributed by atoms with Crippen molar-refractivity contribution in [2.45, 2.75) is 56.5 Å². The Kier molecular flexibility index (Phi) is 9.57. The molecule has 0 spiro atoms. The number of nitrogens with one attached hydrogen (secondary N) is 4. The Bertz CT molecular complexity index is 797. The van der Waals surface area contributed by atoms with Crippen molar-refractivity contribution >= 4 is 23.7 Å². The minimum absolute atomic E-state index is 0.00605. The molecule has 1 heterocycles. The molecule has 3 amide bonds. The number of carbonyl (C=O) groups is 4. The number of hydrogen-bond donors (Lipinski definition) is 7. The quantitative estimate of drug-likeness (QED) is 0.200. The minimum Gasteiger partial charge on any atom is -0.480 e. The van der Waals surface area contributed by atoms with Gasteiger partial charge in [0.15, 0.2) is 0 Å². The van der Waals surface area contributed by atoms with Gasteiger partial charge in [0.25, 0.3) is 0 Å². The van der Waals surface area contributed by atoms with Crippen molar-refractivity contribution in [1.29, 1.82) is 0 Å². The SMILES string of the molecule is CC(O)C(NC(=O)C(CO)NC(=O)C1CCCN1)C(=O)NC(Cc1ccccc1)C(=O)O. The molecule has 1 aliphatic rings. The van der Waals surface area contributed by atoms with Gasteiger partial charge in [0.2, 0.25) is 17.7 Å². The van der Waals surface area contributed by atoms with Crippen LogP contribution in [0, 0.1) is 0 Å². The van der Waals surface area contributed by atoms with Crippen LogP contribution in [-0.2, 0) is 25.6 Å². The van der Waals surface area contributed by atoms with Gasteiger partial charge in [-0.2, -0.15) is 0 Å². The first-order valence-electron chi connectivity index (χ1n) is 10.4. The maximum absolute atomic E-state index is 12.7. The zero-order chi connectivity index (χ0) is 23.7. The lowest BCUT2D eigenvalue weighted by Crippen LogP contribution is -2.60. The molecule has 0 aromatic heterocycles. The molecule has 0 aliphatic carbocycles. The molecule has 0 saturated carbocycles. The van der Waals surface area contributed by atoms with Crippen LogP contribution in [0.3, 0.4) is 0 Å². The number of benzene rings is 1. The summed E-state index contributed by atoms with van der Waals surface area (Å²) in [5.41, 5.74) is 0.682. The Morgan fingerprint density at radius 1 is 1.06 bits per heavy atom. The van der Waals surface area contributed by atoms with Gasteiger partial charge in [0.05, 0.1) is 18.8 Å². The molecular weight excluding hydrogens is 420 g/mol. The van der Waals surface area contributed by atoms with Gasteiger partial charge in [0.1, 0.15) is 18.1 Å². The second kappa shape index (κ2) is 12.1. The van der Waals surface area contributed by atoms with Crippen LogP contribution in [0.4, 0.5) is 0 Å². The Morgan fingerprint density at radius 2 is 1.75 bits per heavy atom. The predicted molar refractivity (Wildman–Crippen MR) is 113 cm³/mol. The fourth-order valence-electron chi connectivity index (χ4n) is 3.35. The zero-order valence-electron chi connectivity index (χ0n) is 17.8. The largest absolute Gasteiger partial charge is 0.480 e. The molecule has 5 unspecified atom stereocenters. The summed E-state index contributed by atoms with van der Waals surface area (Å²) in [5, 5.41) is 39.0. The highest BCUT2D eigenvalue weighted by atomic mass is 16.4. The highest BCUT2D eigenvalue weighted by Gasteiger charge is 2.33. The van der Waals surface area contributed by atoms with Gasteiger partial charge >= 0.3 is 5.97 Å². The van der Waals surface area contributed by atoms with Crippen molar-refractivity contribution in [3.05, 3.63) is 35.9 Å². The van der Waals surface area contributed by atoms with E-state index < -0.39 is 60.6 Å². The molecule has 5 atom stereocenters. The van der Waals surface area contributed by atoms with E-state index in [1.807, 2.05) is 0 Å². The Balaban J connectivity index is 2.01. The van der Waals surface area contributed by atoms with E-state index in [-0.39, 0.29) is 6.42 Å². The lowest BCUT2D eigenvalue weighted by molar-refractivity contribution is -0.143. The number of rotatable bonds is 11. The van der Waals surface area contributed by atoms with Crippen molar-refractivity contribution in [3.63, 3.8) is 0 Å². The first kappa shape index (κ1) is 25.2. The van der Waals surface area contributed by atoms with Crippen LogP contribution in [0.15, 0.2) is 30.3 Å². The summed E-state index contributed by atoms with van der Waals surface area (Å²) >= 11 is 0. The number of carboxylic acid groups (broad SMARTS) is 1. The third kappa shape index (κ3) is 7.29. The van der Waals surface area contributed by atoms with Crippen molar-refractivity contribution < 1.29 is 34.5 Å². The van der Waals surface area contributed by atoms with Gasteiger partial charge in [-0.25, -0.2) is 4.79 Å². The molecule has 1 saturated heterocycles. The molecule has 11 nitrogen and oxygen atoms in total. The van der Waals surface area contributed by atoms with Crippen LogP contribution >= 0.6 is 0 Å². The van der Waals surface area contributed by atoms with E-state index in [9.17, 15) is 34.5 Å². The van der Waals surface area contributed by atoms with Crippen LogP contribution in [-0.4, -0.2) is 82.4 Å². The van der Waals surface area contributed by atoms with Crippen LogP contribution in [0.5, 0.6) is 0 Å². The van der Waals surface area contributed by atoms with E-state index in [0.29, 0.717) is 18.5 Å². The highest BCUT2D eigenvalue weighted by Crippen LogP contribution is 2.06. The number of amides is 3. The standard InChI is InChI=1S/C21H30N4O7/c1-12(27)17(20(30)23-15(21(31)32)10-13-6-3-2-4-7-13)25-19(29)16(11-26)24-18(28)14-8-5-9-22-14/h2-4,6-7,12,14-17,22,26-27H,5,8-11H2,1H3,(H,23,30)(H,24,28)(H,25,29)(H,31,32). The van der Waals surface area contributed by atoms with Crippen LogP contribution in [0.25, 0.3) is 0 Å². The minimum atomic E-state index is -1.49. The molecule has 176 valence electrons. The monoisotopic (exact) mass is 450 g/mol. The Hall–Kier alpha value is -3.02. The summed E-state index contributed by atoms with van der Waals surface area (Å²) in [5.74, 6) is -3.52. The van der Waals surface area contributed by atoms with Crippen LogP contribution in [0.2, 0.25) is 0 Å². The number of aliphatic carboxylic acids is 1. The first-order chi connectivity index (χ1) is 15.2. The number of carbonyl (C=O) groups excluding carboxylic acids is 3.